The van der Waals surface area contributed by atoms with Gasteiger partial charge < -0.3 is 15.0 Å². The molecule has 0 bridgehead atoms. The molecular weight excluding hydrogens is 844 g/mol. The van der Waals surface area contributed by atoms with E-state index in [-0.39, 0.29) is 17.6 Å². The van der Waals surface area contributed by atoms with Crippen LogP contribution in [0.5, 0.6) is 0 Å². The normalized spacial score (nSPS) is 11.6. The Morgan fingerprint density at radius 3 is 2.12 bits per heavy atom. The van der Waals surface area contributed by atoms with Crippen molar-refractivity contribution in [1.29, 1.82) is 0 Å². The maximum absolute atomic E-state index is 14.0. The molecule has 3 aromatic carbocycles. The zero-order valence-corrected chi connectivity index (χ0v) is 28.9. The zero-order valence-electron chi connectivity index (χ0n) is 22.5. The van der Waals surface area contributed by atoms with Crippen molar-refractivity contribution in [3.8, 4) is 22.4 Å². The van der Waals surface area contributed by atoms with Crippen LogP contribution in [0.2, 0.25) is 0 Å². The number of benzene rings is 3. The average Bonchev–Trinajstić information content (AvgIpc) is 3.29. The number of nitrogens with zero attached hydrogens (tertiary/aromatic N) is 1. The fourth-order valence-electron chi connectivity index (χ4n) is 4.80. The van der Waals surface area contributed by atoms with Crippen molar-refractivity contribution in [3.05, 3.63) is 115 Å². The monoisotopic (exact) mass is 877 g/mol. The molecule has 0 radical (unpaired) electrons. The van der Waals surface area contributed by atoms with Crippen LogP contribution in [0, 0.1) is 5.82 Å². The Kier molecular flexibility index (Phi) is 13.6. The predicted octanol–water partition coefficient (Wildman–Crippen LogP) is 6.44. The molecule has 1 amide bonds. The Balaban J connectivity index is 0.00000141. The van der Waals surface area contributed by atoms with Gasteiger partial charge in [-0.1, -0.05) is 68.5 Å². The number of hydrogen-bond donors (Lipinski definition) is 2. The zero-order chi connectivity index (χ0) is 29.1. The quantitative estimate of drug-likeness (QED) is 0.143. The molecule has 0 unspecified atom stereocenters. The molecule has 0 saturated carbocycles. The van der Waals surface area contributed by atoms with E-state index in [0.29, 0.717) is 43.9 Å². The van der Waals surface area contributed by atoms with E-state index >= 15 is 0 Å². The van der Waals surface area contributed by atoms with Crippen LogP contribution in [0.4, 0.5) is 10.1 Å². The number of rotatable bonds is 10. The van der Waals surface area contributed by atoms with Gasteiger partial charge >= 0.3 is 50.5 Å². The second-order valence-electron chi connectivity index (χ2n) is 9.50. The van der Waals surface area contributed by atoms with Crippen molar-refractivity contribution in [2.24, 2.45) is 0 Å². The number of halogens is 4. The predicted molar refractivity (Wildman–Crippen MR) is 177 cm³/mol. The van der Waals surface area contributed by atoms with Gasteiger partial charge in [-0.2, -0.15) is 0 Å². The number of para-hydroxylation sites is 1. The van der Waals surface area contributed by atoms with E-state index in [2.05, 4.69) is 67.5 Å². The fraction of sp³-hybridized carbons (Fsp3) is 0.219. The summed E-state index contributed by atoms with van der Waals surface area (Å²) in [6.45, 7) is 8.36. The molecule has 4 nitrogen and oxygen atoms in total. The van der Waals surface area contributed by atoms with E-state index in [9.17, 15) is 14.3 Å². The Labute approximate surface area is 266 Å². The molecule has 0 aliphatic carbocycles. The van der Waals surface area contributed by atoms with Gasteiger partial charge in [0, 0.05) is 23.5 Å². The molecule has 8 heteroatoms. The number of anilines is 1. The Morgan fingerprint density at radius 1 is 1.00 bits per heavy atom. The van der Waals surface area contributed by atoms with Gasteiger partial charge in [-0.15, -0.1) is 6.58 Å². The number of aliphatic hydroxyl groups excluding tert-OH is 1. The molecule has 1 heterocycles. The van der Waals surface area contributed by atoms with Crippen LogP contribution < -0.4 is 18.6 Å². The van der Waals surface area contributed by atoms with Crippen LogP contribution in [-0.2, 0) is 6.54 Å². The van der Waals surface area contributed by atoms with Gasteiger partial charge in [0.05, 0.1) is 17.4 Å². The van der Waals surface area contributed by atoms with Crippen molar-refractivity contribution >= 4 is 48.8 Å². The van der Waals surface area contributed by atoms with Crippen LogP contribution in [-0.4, -0.2) is 21.7 Å². The number of carbonyl (C=O) groups excluding carboxylic acids is 1. The first-order chi connectivity index (χ1) is 19.3. The van der Waals surface area contributed by atoms with E-state index in [1.54, 1.807) is 18.2 Å². The molecule has 40 heavy (non-hydrogen) atoms. The molecule has 0 aliphatic rings. The van der Waals surface area contributed by atoms with Gasteiger partial charge in [0.2, 0.25) is 0 Å². The average molecular weight is 877 g/mol. The molecule has 0 saturated heterocycles. The molecule has 1 atom stereocenters. The third-order valence-corrected chi connectivity index (χ3v) is 6.41. The number of aliphatic hydroxyl groups is 1. The van der Waals surface area contributed by atoms with E-state index in [1.165, 1.54) is 12.1 Å². The summed E-state index contributed by atoms with van der Waals surface area (Å²) < 4.78 is 16.1. The number of aromatic nitrogens is 1. The summed E-state index contributed by atoms with van der Waals surface area (Å²) in [5.74, 6) is -0.525. The van der Waals surface area contributed by atoms with Crippen molar-refractivity contribution in [2.75, 3.05) is 5.32 Å². The second-order valence-corrected chi connectivity index (χ2v) is 25.7. The summed E-state index contributed by atoms with van der Waals surface area (Å²) in [5, 5.41) is 13.6. The van der Waals surface area contributed by atoms with E-state index in [0.717, 1.165) is 28.1 Å². The first-order valence-electron chi connectivity index (χ1n) is 12.9. The summed E-state index contributed by atoms with van der Waals surface area (Å²) >= 11 is 5.30. The SMILES string of the molecule is C=CC[C@H](O)CCn1c(-c2ccc(F)cc2)c(-c2ccccc2)c(C(=O)Nc2ccccc2)c1C(C)C.I[I-]I. The van der Waals surface area contributed by atoms with Gasteiger partial charge in [0.25, 0.3) is 5.91 Å². The Morgan fingerprint density at radius 2 is 1.57 bits per heavy atom. The molecule has 0 aliphatic heterocycles. The Hall–Kier alpha value is -1.77. The molecule has 2 N–H and O–H groups in total. The van der Waals surface area contributed by atoms with Gasteiger partial charge in [0.15, 0.2) is 0 Å². The molecular formula is C32H33FI3N2O2-. The van der Waals surface area contributed by atoms with Crippen LogP contribution in [0.25, 0.3) is 22.4 Å². The number of nitrogens with one attached hydrogen (secondary N) is 1. The van der Waals surface area contributed by atoms with Crippen LogP contribution in [0.1, 0.15) is 48.7 Å². The van der Waals surface area contributed by atoms with E-state index < -0.39 is 6.10 Å². The van der Waals surface area contributed by atoms with Crippen LogP contribution in [0.3, 0.4) is 0 Å². The number of hydrogen-bond acceptors (Lipinski definition) is 2. The third kappa shape index (κ3) is 8.62. The van der Waals surface area contributed by atoms with Gasteiger partial charge in [-0.25, -0.2) is 4.39 Å². The van der Waals surface area contributed by atoms with Gasteiger partial charge in [0.1, 0.15) is 5.82 Å². The number of carbonyl (C=O) groups is 1. The minimum atomic E-state index is -0.553. The topological polar surface area (TPSA) is 54.3 Å². The fourth-order valence-corrected chi connectivity index (χ4v) is 4.80. The van der Waals surface area contributed by atoms with Gasteiger partial charge in [-0.3, -0.25) is 4.79 Å². The van der Waals surface area contributed by atoms with Crippen molar-refractivity contribution in [1.82, 2.24) is 4.57 Å². The molecule has 1 aromatic heterocycles. The van der Waals surface area contributed by atoms with Crippen LogP contribution >= 0.6 is 37.2 Å². The number of amides is 1. The van der Waals surface area contributed by atoms with Crippen molar-refractivity contribution in [2.45, 2.75) is 45.3 Å². The standard InChI is InChI=1S/C32H33FN2O2.I3/c1-4-11-27(36)20-21-35-30(22(2)3)29(32(37)34-26-14-9-6-10-15-26)28(23-12-7-5-8-13-23)31(35)24-16-18-25(33)19-17-24;1-3-2/h4-10,12-19,22,27,36H,1,11,20-21H2,2-3H3,(H,34,37);/q;-1/t27-;/m0./s1. The molecule has 4 rings (SSSR count). The first kappa shape index (κ1) is 32.7. The summed E-state index contributed by atoms with van der Waals surface area (Å²) in [5.41, 5.74) is 5.49. The van der Waals surface area contributed by atoms with Crippen molar-refractivity contribution in [3.63, 3.8) is 0 Å². The van der Waals surface area contributed by atoms with Crippen LogP contribution in [0.15, 0.2) is 97.6 Å². The summed E-state index contributed by atoms with van der Waals surface area (Å²) in [6, 6.07) is 25.6. The molecule has 4 aromatic rings. The third-order valence-electron chi connectivity index (χ3n) is 6.41. The second kappa shape index (κ2) is 16.6. The van der Waals surface area contributed by atoms with Crippen molar-refractivity contribution < 1.29 is 27.5 Å². The molecule has 0 fully saturated rings. The summed E-state index contributed by atoms with van der Waals surface area (Å²) in [4.78, 5) is 14.0. The van der Waals surface area contributed by atoms with Gasteiger partial charge in [-0.05, 0) is 66.3 Å². The summed E-state index contributed by atoms with van der Waals surface area (Å²) in [6.07, 6.45) is 2.13. The minimum absolute atomic E-state index is 0.00438. The Bertz CT molecular complexity index is 1380. The molecule has 212 valence electrons. The summed E-state index contributed by atoms with van der Waals surface area (Å²) in [7, 11) is 0. The maximum atomic E-state index is 14.0. The molecule has 0 spiro atoms. The van der Waals surface area contributed by atoms with E-state index in [4.69, 9.17) is 0 Å². The first-order valence-corrected chi connectivity index (χ1v) is 25.5. The van der Waals surface area contributed by atoms with E-state index in [1.807, 2.05) is 60.7 Å².